The average molecular weight is 275 g/mol. The van der Waals surface area contributed by atoms with Gasteiger partial charge in [-0.15, -0.1) is 5.06 Å². The van der Waals surface area contributed by atoms with Gasteiger partial charge in [0.05, 0.1) is 16.6 Å². The Kier molecular flexibility index (Phi) is 3.92. The number of aryl methyl sites for hydroxylation is 1. The van der Waals surface area contributed by atoms with Crippen LogP contribution < -0.4 is 0 Å². The fourth-order valence-corrected chi connectivity index (χ4v) is 3.05. The summed E-state index contributed by atoms with van der Waals surface area (Å²) in [6.45, 7) is 10.5. The van der Waals surface area contributed by atoms with E-state index in [9.17, 15) is 4.79 Å². The van der Waals surface area contributed by atoms with E-state index < -0.39 is 0 Å². The fraction of sp³-hybridized carbons (Fsp3) is 0.588. The SMILES string of the molecule is Cc1ccc(C(=O)ON2C(C)(C)CCCC2(C)C)cc1. The van der Waals surface area contributed by atoms with E-state index in [0.29, 0.717) is 5.56 Å². The van der Waals surface area contributed by atoms with E-state index in [1.807, 2.05) is 36.3 Å². The molecule has 3 nitrogen and oxygen atoms in total. The first-order valence-corrected chi connectivity index (χ1v) is 7.32. The van der Waals surface area contributed by atoms with Gasteiger partial charge in [0.2, 0.25) is 0 Å². The second kappa shape index (κ2) is 5.21. The molecule has 2 rings (SSSR count). The van der Waals surface area contributed by atoms with Gasteiger partial charge in [-0.1, -0.05) is 17.7 Å². The van der Waals surface area contributed by atoms with Crippen molar-refractivity contribution in [3.8, 4) is 0 Å². The Morgan fingerprint density at radius 3 is 2.05 bits per heavy atom. The van der Waals surface area contributed by atoms with Gasteiger partial charge in [0, 0.05) is 0 Å². The highest BCUT2D eigenvalue weighted by molar-refractivity contribution is 5.89. The normalized spacial score (nSPS) is 21.4. The van der Waals surface area contributed by atoms with Crippen LogP contribution in [0.15, 0.2) is 24.3 Å². The molecule has 0 atom stereocenters. The summed E-state index contributed by atoms with van der Waals surface area (Å²) in [6.07, 6.45) is 3.24. The molecule has 1 heterocycles. The molecule has 0 saturated carbocycles. The third-order valence-electron chi connectivity index (χ3n) is 4.14. The molecule has 1 fully saturated rings. The molecule has 0 aromatic heterocycles. The highest BCUT2D eigenvalue weighted by Gasteiger charge is 2.44. The van der Waals surface area contributed by atoms with E-state index in [2.05, 4.69) is 27.7 Å². The van der Waals surface area contributed by atoms with Gasteiger partial charge in [0.15, 0.2) is 0 Å². The summed E-state index contributed by atoms with van der Waals surface area (Å²) < 4.78 is 0. The highest BCUT2D eigenvalue weighted by atomic mass is 16.7. The molecule has 1 aromatic carbocycles. The number of nitrogens with zero attached hydrogens (tertiary/aromatic N) is 1. The second-order valence-corrected chi connectivity index (χ2v) is 7.02. The third-order valence-corrected chi connectivity index (χ3v) is 4.14. The molecule has 0 aliphatic carbocycles. The molecule has 1 aliphatic rings. The minimum atomic E-state index is -0.270. The van der Waals surface area contributed by atoms with Crippen LogP contribution in [0.3, 0.4) is 0 Å². The maximum atomic E-state index is 12.3. The average Bonchev–Trinajstić information content (AvgIpc) is 2.34. The zero-order chi connectivity index (χ0) is 15.0. The Hall–Kier alpha value is -1.35. The molecule has 0 bridgehead atoms. The van der Waals surface area contributed by atoms with Crippen LogP contribution in [0.5, 0.6) is 0 Å². The molecule has 0 unspecified atom stereocenters. The van der Waals surface area contributed by atoms with Gasteiger partial charge in [-0.3, -0.25) is 0 Å². The van der Waals surface area contributed by atoms with Gasteiger partial charge in [-0.25, -0.2) is 4.79 Å². The van der Waals surface area contributed by atoms with Crippen LogP contribution in [0.25, 0.3) is 0 Å². The summed E-state index contributed by atoms with van der Waals surface area (Å²) in [5, 5.41) is 1.89. The van der Waals surface area contributed by atoms with Crippen molar-refractivity contribution >= 4 is 5.97 Å². The largest absolute Gasteiger partial charge is 0.363 e. The van der Waals surface area contributed by atoms with E-state index >= 15 is 0 Å². The molecule has 0 spiro atoms. The lowest BCUT2D eigenvalue weighted by Gasteiger charge is -2.50. The number of carbonyl (C=O) groups is 1. The summed E-state index contributed by atoms with van der Waals surface area (Å²) >= 11 is 0. The van der Waals surface area contributed by atoms with Crippen LogP contribution in [0.1, 0.15) is 62.9 Å². The van der Waals surface area contributed by atoms with Crippen molar-refractivity contribution < 1.29 is 9.63 Å². The molecule has 0 amide bonds. The number of benzene rings is 1. The third kappa shape index (κ3) is 3.04. The van der Waals surface area contributed by atoms with E-state index in [0.717, 1.165) is 18.4 Å². The van der Waals surface area contributed by atoms with Crippen molar-refractivity contribution in [2.24, 2.45) is 0 Å². The van der Waals surface area contributed by atoms with Gasteiger partial charge in [0.25, 0.3) is 0 Å². The Morgan fingerprint density at radius 2 is 1.55 bits per heavy atom. The summed E-state index contributed by atoms with van der Waals surface area (Å²) in [5.74, 6) is -0.270. The number of piperidine rings is 1. The van der Waals surface area contributed by atoms with Crippen molar-refractivity contribution in [1.82, 2.24) is 5.06 Å². The Morgan fingerprint density at radius 1 is 1.05 bits per heavy atom. The molecular weight excluding hydrogens is 250 g/mol. The maximum Gasteiger partial charge on any atom is 0.357 e. The van der Waals surface area contributed by atoms with E-state index in [4.69, 9.17) is 4.84 Å². The molecule has 3 heteroatoms. The molecule has 1 saturated heterocycles. The van der Waals surface area contributed by atoms with Crippen LogP contribution in [0.2, 0.25) is 0 Å². The zero-order valence-corrected chi connectivity index (χ0v) is 13.2. The quantitative estimate of drug-likeness (QED) is 0.813. The van der Waals surface area contributed by atoms with Crippen LogP contribution >= 0.6 is 0 Å². The number of rotatable bonds is 2. The predicted octanol–water partition coefficient (Wildman–Crippen LogP) is 4.11. The van der Waals surface area contributed by atoms with Crippen molar-refractivity contribution in [1.29, 1.82) is 0 Å². The highest BCUT2D eigenvalue weighted by Crippen LogP contribution is 2.38. The first-order chi connectivity index (χ1) is 9.22. The first-order valence-electron chi connectivity index (χ1n) is 7.32. The zero-order valence-electron chi connectivity index (χ0n) is 13.2. The number of hydrogen-bond acceptors (Lipinski definition) is 3. The molecule has 0 radical (unpaired) electrons. The van der Waals surface area contributed by atoms with Gasteiger partial charge in [-0.2, -0.15) is 0 Å². The molecule has 110 valence electrons. The fourth-order valence-electron chi connectivity index (χ4n) is 3.05. The molecular formula is C17H25NO2. The standard InChI is InChI=1S/C17H25NO2/c1-13-7-9-14(10-8-13)15(19)20-18-16(2,3)11-6-12-17(18,4)5/h7-10H,6,11-12H2,1-5H3. The predicted molar refractivity (Wildman–Crippen MR) is 80.4 cm³/mol. The lowest BCUT2D eigenvalue weighted by molar-refractivity contribution is -0.240. The van der Waals surface area contributed by atoms with Crippen LogP contribution in [0.4, 0.5) is 0 Å². The van der Waals surface area contributed by atoms with Crippen LogP contribution in [-0.4, -0.2) is 22.1 Å². The van der Waals surface area contributed by atoms with Gasteiger partial charge >= 0.3 is 5.97 Å². The van der Waals surface area contributed by atoms with E-state index in [-0.39, 0.29) is 17.0 Å². The van der Waals surface area contributed by atoms with Crippen molar-refractivity contribution in [3.63, 3.8) is 0 Å². The smallest absolute Gasteiger partial charge is 0.357 e. The van der Waals surface area contributed by atoms with E-state index in [1.54, 1.807) is 0 Å². The molecule has 20 heavy (non-hydrogen) atoms. The summed E-state index contributed by atoms with van der Waals surface area (Å²) in [5.41, 5.74) is 1.50. The lowest BCUT2D eigenvalue weighted by atomic mass is 9.82. The number of hydrogen-bond donors (Lipinski definition) is 0. The first kappa shape index (κ1) is 15.0. The topological polar surface area (TPSA) is 29.5 Å². The number of carbonyl (C=O) groups excluding carboxylic acids is 1. The minimum Gasteiger partial charge on any atom is -0.363 e. The Labute approximate surface area is 121 Å². The van der Waals surface area contributed by atoms with Gasteiger partial charge in [0.1, 0.15) is 0 Å². The summed E-state index contributed by atoms with van der Waals surface area (Å²) in [7, 11) is 0. The van der Waals surface area contributed by atoms with Gasteiger partial charge in [-0.05, 0) is 66.0 Å². The van der Waals surface area contributed by atoms with Crippen molar-refractivity contribution in [2.45, 2.75) is 65.0 Å². The monoisotopic (exact) mass is 275 g/mol. The van der Waals surface area contributed by atoms with E-state index in [1.165, 1.54) is 6.42 Å². The Balaban J connectivity index is 2.18. The summed E-state index contributed by atoms with van der Waals surface area (Å²) in [4.78, 5) is 18.1. The minimum absolute atomic E-state index is 0.123. The maximum absolute atomic E-state index is 12.3. The van der Waals surface area contributed by atoms with Crippen LogP contribution in [-0.2, 0) is 4.84 Å². The molecule has 1 aromatic rings. The lowest BCUT2D eigenvalue weighted by Crippen LogP contribution is -2.58. The second-order valence-electron chi connectivity index (χ2n) is 7.02. The molecule has 0 N–H and O–H groups in total. The summed E-state index contributed by atoms with van der Waals surface area (Å²) in [6, 6.07) is 7.51. The molecule has 1 aliphatic heterocycles. The Bertz CT molecular complexity index is 472. The van der Waals surface area contributed by atoms with Crippen molar-refractivity contribution in [3.05, 3.63) is 35.4 Å². The number of hydroxylamine groups is 2. The van der Waals surface area contributed by atoms with Crippen molar-refractivity contribution in [2.75, 3.05) is 0 Å². The van der Waals surface area contributed by atoms with Crippen LogP contribution in [0, 0.1) is 6.92 Å². The van der Waals surface area contributed by atoms with Gasteiger partial charge < -0.3 is 4.84 Å².